The van der Waals surface area contributed by atoms with Gasteiger partial charge in [0.1, 0.15) is 0 Å². The molecule has 1 amide bonds. The summed E-state index contributed by atoms with van der Waals surface area (Å²) < 4.78 is 0. The highest BCUT2D eigenvalue weighted by Gasteiger charge is 2.13. The van der Waals surface area contributed by atoms with Gasteiger partial charge in [0, 0.05) is 24.5 Å². The Morgan fingerprint density at radius 1 is 1.35 bits per heavy atom. The molecule has 1 aromatic rings. The van der Waals surface area contributed by atoms with Crippen molar-refractivity contribution in [3.8, 4) is 0 Å². The van der Waals surface area contributed by atoms with E-state index in [9.17, 15) is 4.79 Å². The molecule has 3 heteroatoms. The molecule has 0 aliphatic rings. The van der Waals surface area contributed by atoms with Crippen molar-refractivity contribution < 1.29 is 4.79 Å². The Hall–Kier alpha value is -1.28. The lowest BCUT2D eigenvalue weighted by Gasteiger charge is -2.21. The molecule has 0 atom stereocenters. The van der Waals surface area contributed by atoms with Gasteiger partial charge in [-0.15, -0.1) is 11.6 Å². The SMILES string of the molecule is C=C(C)CN(CC)C(=O)c1ccc(CCl)cc1. The molecular formula is C14H18ClNO. The zero-order valence-electron chi connectivity index (χ0n) is 10.4. The summed E-state index contributed by atoms with van der Waals surface area (Å²) in [5.74, 6) is 0.509. The molecular weight excluding hydrogens is 234 g/mol. The molecule has 0 bridgehead atoms. The van der Waals surface area contributed by atoms with E-state index in [1.807, 2.05) is 38.1 Å². The summed E-state index contributed by atoms with van der Waals surface area (Å²) in [5.41, 5.74) is 2.70. The number of benzene rings is 1. The number of nitrogens with zero attached hydrogens (tertiary/aromatic N) is 1. The van der Waals surface area contributed by atoms with Crippen LogP contribution in [0.1, 0.15) is 29.8 Å². The Balaban J connectivity index is 2.82. The number of hydrogen-bond acceptors (Lipinski definition) is 1. The number of halogens is 1. The first-order chi connectivity index (χ1) is 8.08. The van der Waals surface area contributed by atoms with Crippen LogP contribution in [0.3, 0.4) is 0 Å². The van der Waals surface area contributed by atoms with Gasteiger partial charge in [-0.05, 0) is 31.5 Å². The van der Waals surface area contributed by atoms with E-state index in [4.69, 9.17) is 11.6 Å². The van der Waals surface area contributed by atoms with Gasteiger partial charge in [-0.2, -0.15) is 0 Å². The standard InChI is InChI=1S/C14H18ClNO/c1-4-16(10-11(2)3)14(17)13-7-5-12(9-15)6-8-13/h5-8H,2,4,9-10H2,1,3H3. The van der Waals surface area contributed by atoms with Crippen molar-refractivity contribution in [1.82, 2.24) is 4.90 Å². The van der Waals surface area contributed by atoms with E-state index in [0.29, 0.717) is 24.5 Å². The minimum atomic E-state index is 0.0385. The molecule has 0 saturated carbocycles. The Bertz CT molecular complexity index is 397. The third kappa shape index (κ3) is 3.90. The van der Waals surface area contributed by atoms with Crippen LogP contribution < -0.4 is 0 Å². The Morgan fingerprint density at radius 2 is 1.94 bits per heavy atom. The molecule has 2 nitrogen and oxygen atoms in total. The zero-order chi connectivity index (χ0) is 12.8. The second-order valence-corrected chi connectivity index (χ2v) is 4.37. The molecule has 1 aromatic carbocycles. The Morgan fingerprint density at radius 3 is 2.35 bits per heavy atom. The maximum Gasteiger partial charge on any atom is 0.254 e. The number of rotatable bonds is 5. The van der Waals surface area contributed by atoms with Crippen LogP contribution in [-0.4, -0.2) is 23.9 Å². The number of amides is 1. The van der Waals surface area contributed by atoms with Crippen molar-refractivity contribution in [2.75, 3.05) is 13.1 Å². The van der Waals surface area contributed by atoms with Crippen LogP contribution >= 0.6 is 11.6 Å². The number of likely N-dealkylation sites (N-methyl/N-ethyl adjacent to an activating group) is 1. The minimum Gasteiger partial charge on any atom is -0.335 e. The maximum absolute atomic E-state index is 12.2. The number of carbonyl (C=O) groups is 1. The quantitative estimate of drug-likeness (QED) is 0.580. The molecule has 0 radical (unpaired) electrons. The third-order valence-electron chi connectivity index (χ3n) is 2.48. The number of carbonyl (C=O) groups excluding carboxylic acids is 1. The molecule has 0 aliphatic heterocycles. The first kappa shape index (κ1) is 13.8. The predicted molar refractivity (Wildman–Crippen MR) is 72.4 cm³/mol. The summed E-state index contributed by atoms with van der Waals surface area (Å²) in [6, 6.07) is 7.41. The molecule has 1 rings (SSSR count). The van der Waals surface area contributed by atoms with Crippen molar-refractivity contribution in [2.24, 2.45) is 0 Å². The second-order valence-electron chi connectivity index (χ2n) is 4.11. The highest BCUT2D eigenvalue weighted by atomic mass is 35.5. The topological polar surface area (TPSA) is 20.3 Å². The molecule has 0 unspecified atom stereocenters. The lowest BCUT2D eigenvalue weighted by Crippen LogP contribution is -2.32. The maximum atomic E-state index is 12.2. The van der Waals surface area contributed by atoms with Crippen LogP contribution in [0.5, 0.6) is 0 Å². The fourth-order valence-corrected chi connectivity index (χ4v) is 1.75. The van der Waals surface area contributed by atoms with Crippen LogP contribution in [0.15, 0.2) is 36.4 Å². The van der Waals surface area contributed by atoms with E-state index < -0.39 is 0 Å². The Labute approximate surface area is 108 Å². The molecule has 0 N–H and O–H groups in total. The lowest BCUT2D eigenvalue weighted by atomic mass is 10.1. The van der Waals surface area contributed by atoms with Crippen molar-refractivity contribution in [2.45, 2.75) is 19.7 Å². The smallest absolute Gasteiger partial charge is 0.254 e. The van der Waals surface area contributed by atoms with Gasteiger partial charge in [0.25, 0.3) is 5.91 Å². The van der Waals surface area contributed by atoms with E-state index in [1.165, 1.54) is 0 Å². The normalized spacial score (nSPS) is 10.1. The van der Waals surface area contributed by atoms with Gasteiger partial charge >= 0.3 is 0 Å². The van der Waals surface area contributed by atoms with Gasteiger partial charge in [0.15, 0.2) is 0 Å². The molecule has 0 aromatic heterocycles. The van der Waals surface area contributed by atoms with Gasteiger partial charge in [-0.25, -0.2) is 0 Å². The van der Waals surface area contributed by atoms with Crippen molar-refractivity contribution >= 4 is 17.5 Å². The monoisotopic (exact) mass is 251 g/mol. The van der Waals surface area contributed by atoms with Crippen LogP contribution in [0, 0.1) is 0 Å². The average Bonchev–Trinajstić information content (AvgIpc) is 2.35. The van der Waals surface area contributed by atoms with Crippen LogP contribution in [0.4, 0.5) is 0 Å². The van der Waals surface area contributed by atoms with Gasteiger partial charge in [-0.3, -0.25) is 4.79 Å². The molecule has 0 fully saturated rings. The van der Waals surface area contributed by atoms with E-state index in [2.05, 4.69) is 6.58 Å². The van der Waals surface area contributed by atoms with E-state index in [0.717, 1.165) is 11.1 Å². The molecule has 0 saturated heterocycles. The summed E-state index contributed by atoms with van der Waals surface area (Å²) in [5, 5.41) is 0. The first-order valence-electron chi connectivity index (χ1n) is 5.67. The number of hydrogen-bond donors (Lipinski definition) is 0. The van der Waals surface area contributed by atoms with Gasteiger partial charge in [0.05, 0.1) is 0 Å². The van der Waals surface area contributed by atoms with Crippen LogP contribution in [0.25, 0.3) is 0 Å². The molecule has 92 valence electrons. The summed E-state index contributed by atoms with van der Waals surface area (Å²) in [6.07, 6.45) is 0. The fraction of sp³-hybridized carbons (Fsp3) is 0.357. The Kier molecular flexibility index (Phi) is 5.23. The van der Waals surface area contributed by atoms with Gasteiger partial charge in [-0.1, -0.05) is 24.3 Å². The largest absolute Gasteiger partial charge is 0.335 e. The zero-order valence-corrected chi connectivity index (χ0v) is 11.1. The lowest BCUT2D eigenvalue weighted by molar-refractivity contribution is 0.0778. The van der Waals surface area contributed by atoms with Crippen molar-refractivity contribution in [3.05, 3.63) is 47.5 Å². The minimum absolute atomic E-state index is 0.0385. The molecule has 17 heavy (non-hydrogen) atoms. The molecule has 0 aliphatic carbocycles. The van der Waals surface area contributed by atoms with E-state index >= 15 is 0 Å². The van der Waals surface area contributed by atoms with Crippen molar-refractivity contribution in [1.29, 1.82) is 0 Å². The highest BCUT2D eigenvalue weighted by molar-refractivity contribution is 6.17. The summed E-state index contributed by atoms with van der Waals surface area (Å²) in [4.78, 5) is 13.9. The third-order valence-corrected chi connectivity index (χ3v) is 2.79. The van der Waals surface area contributed by atoms with Crippen molar-refractivity contribution in [3.63, 3.8) is 0 Å². The van der Waals surface area contributed by atoms with Crippen LogP contribution in [-0.2, 0) is 5.88 Å². The highest BCUT2D eigenvalue weighted by Crippen LogP contribution is 2.10. The van der Waals surface area contributed by atoms with E-state index in [1.54, 1.807) is 4.90 Å². The average molecular weight is 252 g/mol. The number of alkyl halides is 1. The van der Waals surface area contributed by atoms with Crippen LogP contribution in [0.2, 0.25) is 0 Å². The second kappa shape index (κ2) is 6.45. The fourth-order valence-electron chi connectivity index (χ4n) is 1.57. The summed E-state index contributed by atoms with van der Waals surface area (Å²) in [7, 11) is 0. The molecule has 0 heterocycles. The summed E-state index contributed by atoms with van der Waals surface area (Å²) >= 11 is 5.71. The summed E-state index contributed by atoms with van der Waals surface area (Å²) in [6.45, 7) is 9.01. The first-order valence-corrected chi connectivity index (χ1v) is 6.20. The van der Waals surface area contributed by atoms with Gasteiger partial charge < -0.3 is 4.90 Å². The van der Waals surface area contributed by atoms with E-state index in [-0.39, 0.29) is 5.91 Å². The molecule has 0 spiro atoms. The predicted octanol–water partition coefficient (Wildman–Crippen LogP) is 3.46. The van der Waals surface area contributed by atoms with Gasteiger partial charge in [0.2, 0.25) is 0 Å².